The first kappa shape index (κ1) is 19.4. The van der Waals surface area contributed by atoms with Gasteiger partial charge in [0, 0.05) is 38.8 Å². The first-order valence-electron chi connectivity index (χ1n) is 8.11. The van der Waals surface area contributed by atoms with Gasteiger partial charge in [-0.25, -0.2) is 0 Å². The predicted molar refractivity (Wildman–Crippen MR) is 96.3 cm³/mol. The van der Waals surface area contributed by atoms with Gasteiger partial charge in [0.2, 0.25) is 0 Å². The summed E-state index contributed by atoms with van der Waals surface area (Å²) in [5.41, 5.74) is 8.50. The molecule has 2 N–H and O–H groups in total. The molecule has 1 aromatic carbocycles. The van der Waals surface area contributed by atoms with Crippen LogP contribution in [-0.4, -0.2) is 42.8 Å². The molecular weight excluding hydrogens is 296 g/mol. The second-order valence-electron chi connectivity index (χ2n) is 6.35. The third-order valence-corrected chi connectivity index (χ3v) is 5.39. The van der Waals surface area contributed by atoms with Crippen LogP contribution in [-0.2, 0) is 0 Å². The van der Waals surface area contributed by atoms with Crippen molar-refractivity contribution in [1.82, 2.24) is 10.2 Å². The van der Waals surface area contributed by atoms with Crippen LogP contribution in [0.5, 0.6) is 0 Å². The molecule has 0 bridgehead atoms. The van der Waals surface area contributed by atoms with E-state index in [2.05, 4.69) is 44.8 Å². The van der Waals surface area contributed by atoms with E-state index < -0.39 is 0 Å². The highest BCUT2D eigenvalue weighted by molar-refractivity contribution is 5.85. The highest BCUT2D eigenvalue weighted by Gasteiger charge is 2.26. The number of benzene rings is 1. The lowest BCUT2D eigenvalue weighted by molar-refractivity contribution is 0.140. The zero-order valence-electron chi connectivity index (χ0n) is 14.6. The second-order valence-corrected chi connectivity index (χ2v) is 6.35. The van der Waals surface area contributed by atoms with Gasteiger partial charge >= 0.3 is 0 Å². The Bertz CT molecular complexity index is 481. The van der Waals surface area contributed by atoms with Gasteiger partial charge < -0.3 is 10.4 Å². The molecule has 0 radical (unpaired) electrons. The minimum absolute atomic E-state index is 0. The minimum atomic E-state index is 0. The standard InChI is InChI=1S/C18H30N2O.ClH/c1-12-13(2)15(4)18(16(5)14(12)3)17(6-11-21)20-9-7-19-8-10-20;/h17,19,21H,6-11H2,1-5H3;1H/t17-;/m1./s1. The summed E-state index contributed by atoms with van der Waals surface area (Å²) < 4.78 is 0. The van der Waals surface area contributed by atoms with Crippen molar-refractivity contribution >= 4 is 12.4 Å². The van der Waals surface area contributed by atoms with E-state index in [0.717, 1.165) is 32.6 Å². The van der Waals surface area contributed by atoms with Crippen molar-refractivity contribution < 1.29 is 5.11 Å². The van der Waals surface area contributed by atoms with Gasteiger partial charge in [-0.1, -0.05) is 0 Å². The number of halogens is 1. The molecule has 2 rings (SSSR count). The molecule has 1 saturated heterocycles. The van der Waals surface area contributed by atoms with Crippen LogP contribution in [0.3, 0.4) is 0 Å². The normalized spacial score (nSPS) is 17.2. The molecule has 0 aromatic heterocycles. The molecule has 1 aliphatic rings. The first-order chi connectivity index (χ1) is 9.99. The first-order valence-corrected chi connectivity index (χ1v) is 8.11. The number of hydrogen-bond acceptors (Lipinski definition) is 3. The molecule has 0 unspecified atom stereocenters. The van der Waals surface area contributed by atoms with E-state index in [4.69, 9.17) is 0 Å². The Morgan fingerprint density at radius 3 is 1.82 bits per heavy atom. The van der Waals surface area contributed by atoms with Crippen LogP contribution in [0.1, 0.15) is 45.8 Å². The van der Waals surface area contributed by atoms with Crippen molar-refractivity contribution in [2.45, 2.75) is 47.1 Å². The lowest BCUT2D eigenvalue weighted by atomic mass is 9.84. The van der Waals surface area contributed by atoms with E-state index in [9.17, 15) is 5.11 Å². The fraction of sp³-hybridized carbons (Fsp3) is 0.667. The smallest absolute Gasteiger partial charge is 0.0449 e. The van der Waals surface area contributed by atoms with E-state index in [-0.39, 0.29) is 19.0 Å². The molecule has 0 aliphatic carbocycles. The van der Waals surface area contributed by atoms with Crippen LogP contribution < -0.4 is 5.32 Å². The zero-order chi connectivity index (χ0) is 15.6. The SMILES string of the molecule is Cc1c(C)c(C)c([C@@H](CCO)N2CCNCC2)c(C)c1C.Cl. The van der Waals surface area contributed by atoms with Crippen LogP contribution in [0.4, 0.5) is 0 Å². The van der Waals surface area contributed by atoms with Gasteiger partial charge in [-0.05, 0) is 74.4 Å². The Kier molecular flexibility index (Phi) is 7.33. The second kappa shape index (κ2) is 8.30. The van der Waals surface area contributed by atoms with Crippen molar-refractivity contribution in [2.75, 3.05) is 32.8 Å². The molecule has 1 aromatic rings. The molecule has 0 amide bonds. The van der Waals surface area contributed by atoms with Crippen LogP contribution in [0.15, 0.2) is 0 Å². The Morgan fingerprint density at radius 1 is 0.909 bits per heavy atom. The number of nitrogens with zero attached hydrogens (tertiary/aromatic N) is 1. The summed E-state index contributed by atoms with van der Waals surface area (Å²) in [6.07, 6.45) is 0.823. The highest BCUT2D eigenvalue weighted by atomic mass is 35.5. The number of hydrogen-bond donors (Lipinski definition) is 2. The number of piperazine rings is 1. The average molecular weight is 327 g/mol. The quantitative estimate of drug-likeness (QED) is 0.893. The number of rotatable bonds is 4. The van der Waals surface area contributed by atoms with Gasteiger partial charge in [0.1, 0.15) is 0 Å². The molecule has 0 saturated carbocycles. The van der Waals surface area contributed by atoms with Crippen molar-refractivity contribution in [3.05, 3.63) is 33.4 Å². The Hall–Kier alpha value is -0.610. The van der Waals surface area contributed by atoms with Crippen LogP contribution in [0, 0.1) is 34.6 Å². The molecule has 0 spiro atoms. The lowest BCUT2D eigenvalue weighted by Crippen LogP contribution is -2.45. The summed E-state index contributed by atoms with van der Waals surface area (Å²) >= 11 is 0. The average Bonchev–Trinajstić information content (AvgIpc) is 2.51. The van der Waals surface area contributed by atoms with Crippen molar-refractivity contribution in [1.29, 1.82) is 0 Å². The third kappa shape index (κ3) is 3.65. The summed E-state index contributed by atoms with van der Waals surface area (Å²) in [5.74, 6) is 0. The molecule has 22 heavy (non-hydrogen) atoms. The monoisotopic (exact) mass is 326 g/mol. The summed E-state index contributed by atoms with van der Waals surface area (Å²) in [6, 6.07) is 0.343. The molecule has 1 fully saturated rings. The van der Waals surface area contributed by atoms with E-state index in [0.29, 0.717) is 6.04 Å². The predicted octanol–water partition coefficient (Wildman–Crippen LogP) is 2.98. The van der Waals surface area contributed by atoms with Crippen molar-refractivity contribution in [2.24, 2.45) is 0 Å². The van der Waals surface area contributed by atoms with Crippen LogP contribution in [0.25, 0.3) is 0 Å². The van der Waals surface area contributed by atoms with E-state index in [1.165, 1.54) is 33.4 Å². The maximum Gasteiger partial charge on any atom is 0.0449 e. The lowest BCUT2D eigenvalue weighted by Gasteiger charge is -2.37. The van der Waals surface area contributed by atoms with Crippen LogP contribution in [0.2, 0.25) is 0 Å². The van der Waals surface area contributed by atoms with Gasteiger partial charge in [-0.2, -0.15) is 0 Å². The summed E-state index contributed by atoms with van der Waals surface area (Å²) in [5, 5.41) is 13.0. The van der Waals surface area contributed by atoms with Gasteiger partial charge in [0.25, 0.3) is 0 Å². The van der Waals surface area contributed by atoms with Gasteiger partial charge in [0.15, 0.2) is 0 Å². The van der Waals surface area contributed by atoms with E-state index in [1.807, 2.05) is 0 Å². The maximum absolute atomic E-state index is 9.56. The van der Waals surface area contributed by atoms with E-state index in [1.54, 1.807) is 0 Å². The van der Waals surface area contributed by atoms with Gasteiger partial charge in [-0.15, -0.1) is 12.4 Å². The molecule has 126 valence electrons. The Morgan fingerprint density at radius 2 is 1.36 bits per heavy atom. The Labute approximate surface area is 141 Å². The van der Waals surface area contributed by atoms with Crippen molar-refractivity contribution in [3.8, 4) is 0 Å². The third-order valence-electron chi connectivity index (χ3n) is 5.39. The topological polar surface area (TPSA) is 35.5 Å². The summed E-state index contributed by atoms with van der Waals surface area (Å²) in [6.45, 7) is 15.6. The number of aliphatic hydroxyl groups is 1. The highest BCUT2D eigenvalue weighted by Crippen LogP contribution is 2.35. The number of aliphatic hydroxyl groups excluding tert-OH is 1. The molecular formula is C18H31ClN2O. The summed E-state index contributed by atoms with van der Waals surface area (Å²) in [4.78, 5) is 2.54. The molecule has 1 heterocycles. The molecule has 4 heteroatoms. The van der Waals surface area contributed by atoms with Crippen molar-refractivity contribution in [3.63, 3.8) is 0 Å². The zero-order valence-corrected chi connectivity index (χ0v) is 15.4. The fourth-order valence-corrected chi connectivity index (χ4v) is 3.65. The minimum Gasteiger partial charge on any atom is -0.396 e. The van der Waals surface area contributed by atoms with Gasteiger partial charge in [-0.3, -0.25) is 4.90 Å². The van der Waals surface area contributed by atoms with E-state index >= 15 is 0 Å². The van der Waals surface area contributed by atoms with Crippen LogP contribution >= 0.6 is 12.4 Å². The maximum atomic E-state index is 9.56. The number of nitrogens with one attached hydrogen (secondary N) is 1. The molecule has 3 nitrogen and oxygen atoms in total. The largest absolute Gasteiger partial charge is 0.396 e. The Balaban J connectivity index is 0.00000242. The molecule has 1 aliphatic heterocycles. The summed E-state index contributed by atoms with van der Waals surface area (Å²) in [7, 11) is 0. The fourth-order valence-electron chi connectivity index (χ4n) is 3.65. The molecule has 1 atom stereocenters. The van der Waals surface area contributed by atoms with Gasteiger partial charge in [0.05, 0.1) is 0 Å².